The fourth-order valence-electron chi connectivity index (χ4n) is 4.56. The highest BCUT2D eigenvalue weighted by Gasteiger charge is 2.15. The van der Waals surface area contributed by atoms with Crippen LogP contribution in [-0.4, -0.2) is 24.5 Å². The molecule has 0 saturated heterocycles. The van der Waals surface area contributed by atoms with Crippen LogP contribution >= 0.6 is 0 Å². The Kier molecular flexibility index (Phi) is 5.91. The fraction of sp³-hybridized carbons (Fsp3) is 0.0968. The molecule has 0 radical (unpaired) electrons. The van der Waals surface area contributed by atoms with Crippen molar-refractivity contribution in [2.75, 3.05) is 5.32 Å². The Morgan fingerprint density at radius 3 is 2.38 bits per heavy atom. The van der Waals surface area contributed by atoms with E-state index in [0.29, 0.717) is 5.95 Å². The van der Waals surface area contributed by atoms with Crippen LogP contribution in [0, 0.1) is 6.92 Å². The number of rotatable bonds is 6. The van der Waals surface area contributed by atoms with Crippen LogP contribution in [0.1, 0.15) is 24.1 Å². The summed E-state index contributed by atoms with van der Waals surface area (Å²) >= 11 is 0. The van der Waals surface area contributed by atoms with Crippen molar-refractivity contribution >= 4 is 17.0 Å². The van der Waals surface area contributed by atoms with E-state index >= 15 is 0 Å². The Labute approximate surface area is 215 Å². The third kappa shape index (κ3) is 4.57. The van der Waals surface area contributed by atoms with Crippen molar-refractivity contribution in [1.29, 1.82) is 0 Å². The van der Waals surface area contributed by atoms with E-state index in [1.54, 1.807) is 12.4 Å². The van der Waals surface area contributed by atoms with Gasteiger partial charge < -0.3 is 5.32 Å². The summed E-state index contributed by atoms with van der Waals surface area (Å²) < 4.78 is 2.02. The number of imidazole rings is 1. The first-order chi connectivity index (χ1) is 18.2. The number of hydrogen-bond acceptors (Lipinski definition) is 5. The molecule has 0 bridgehead atoms. The molecule has 0 aliphatic rings. The van der Waals surface area contributed by atoms with E-state index in [1.807, 2.05) is 59.4 Å². The van der Waals surface area contributed by atoms with Crippen molar-refractivity contribution in [3.63, 3.8) is 0 Å². The number of fused-ring (bicyclic) bond motifs is 1. The molecular formula is C31H26N6. The van der Waals surface area contributed by atoms with Crippen LogP contribution in [0.2, 0.25) is 0 Å². The standard InChI is InChI=1S/C31H26N6/c1-21-8-6-7-11-26(21)27-19-30(36-31(35-27)34-22(2)23-9-4-3-5-10-23)37-20-33-28-18-25(12-13-29(28)37)24-14-16-32-17-15-24/h3-20,22H,1-2H3,(H,34,35,36). The maximum Gasteiger partial charge on any atom is 0.225 e. The molecule has 3 heterocycles. The molecule has 3 aromatic carbocycles. The highest BCUT2D eigenvalue weighted by molar-refractivity contribution is 5.83. The van der Waals surface area contributed by atoms with E-state index in [1.165, 1.54) is 5.56 Å². The number of benzene rings is 3. The maximum absolute atomic E-state index is 4.92. The lowest BCUT2D eigenvalue weighted by molar-refractivity contribution is 0.855. The second-order valence-corrected chi connectivity index (χ2v) is 9.08. The predicted molar refractivity (Wildman–Crippen MR) is 149 cm³/mol. The summed E-state index contributed by atoms with van der Waals surface area (Å²) in [6.45, 7) is 4.22. The first kappa shape index (κ1) is 22.6. The molecule has 0 aliphatic heterocycles. The fourth-order valence-corrected chi connectivity index (χ4v) is 4.56. The van der Waals surface area contributed by atoms with Crippen LogP contribution < -0.4 is 5.32 Å². The van der Waals surface area contributed by atoms with Gasteiger partial charge in [0.15, 0.2) is 0 Å². The summed E-state index contributed by atoms with van der Waals surface area (Å²) in [5.41, 5.74) is 8.36. The van der Waals surface area contributed by atoms with E-state index in [9.17, 15) is 0 Å². The van der Waals surface area contributed by atoms with Crippen molar-refractivity contribution in [3.05, 3.63) is 121 Å². The molecule has 0 spiro atoms. The topological polar surface area (TPSA) is 68.5 Å². The number of aromatic nitrogens is 5. The van der Waals surface area contributed by atoms with Crippen LogP contribution in [0.15, 0.2) is 110 Å². The molecular weight excluding hydrogens is 456 g/mol. The first-order valence-corrected chi connectivity index (χ1v) is 12.3. The van der Waals surface area contributed by atoms with Gasteiger partial charge in [0, 0.05) is 24.0 Å². The minimum Gasteiger partial charge on any atom is -0.348 e. The molecule has 1 atom stereocenters. The molecule has 37 heavy (non-hydrogen) atoms. The second kappa shape index (κ2) is 9.66. The van der Waals surface area contributed by atoms with Crippen molar-refractivity contribution < 1.29 is 0 Å². The Bertz CT molecular complexity index is 1680. The number of nitrogens with one attached hydrogen (secondary N) is 1. The van der Waals surface area contributed by atoms with Gasteiger partial charge in [-0.25, -0.2) is 9.97 Å². The van der Waals surface area contributed by atoms with Gasteiger partial charge in [-0.15, -0.1) is 0 Å². The van der Waals surface area contributed by atoms with Gasteiger partial charge in [-0.05, 0) is 60.4 Å². The summed E-state index contributed by atoms with van der Waals surface area (Å²) in [6, 6.07) is 31.0. The summed E-state index contributed by atoms with van der Waals surface area (Å²) in [4.78, 5) is 18.7. The summed E-state index contributed by atoms with van der Waals surface area (Å²) in [6.07, 6.45) is 5.43. The van der Waals surface area contributed by atoms with Crippen molar-refractivity contribution in [3.8, 4) is 28.2 Å². The quantitative estimate of drug-likeness (QED) is 0.276. The largest absolute Gasteiger partial charge is 0.348 e. The molecule has 3 aromatic heterocycles. The molecule has 6 heteroatoms. The normalized spacial score (nSPS) is 11.9. The number of hydrogen-bond donors (Lipinski definition) is 1. The van der Waals surface area contributed by atoms with Gasteiger partial charge in [-0.1, -0.05) is 60.7 Å². The number of anilines is 1. The SMILES string of the molecule is Cc1ccccc1-c1cc(-n2cnc3cc(-c4ccncc4)ccc32)nc(NC(C)c2ccccc2)n1. The second-order valence-electron chi connectivity index (χ2n) is 9.08. The molecule has 0 fully saturated rings. The lowest BCUT2D eigenvalue weighted by atomic mass is 10.1. The lowest BCUT2D eigenvalue weighted by Gasteiger charge is -2.17. The smallest absolute Gasteiger partial charge is 0.225 e. The molecule has 6 rings (SSSR count). The van der Waals surface area contributed by atoms with Gasteiger partial charge in [0.05, 0.1) is 22.8 Å². The van der Waals surface area contributed by atoms with E-state index in [-0.39, 0.29) is 6.04 Å². The van der Waals surface area contributed by atoms with Crippen molar-refractivity contribution in [2.24, 2.45) is 0 Å². The number of nitrogens with zero attached hydrogens (tertiary/aromatic N) is 5. The molecule has 6 aromatic rings. The highest BCUT2D eigenvalue weighted by Crippen LogP contribution is 2.29. The van der Waals surface area contributed by atoms with Crippen LogP contribution in [-0.2, 0) is 0 Å². The van der Waals surface area contributed by atoms with Gasteiger partial charge in [-0.3, -0.25) is 9.55 Å². The molecule has 1 unspecified atom stereocenters. The van der Waals surface area contributed by atoms with E-state index < -0.39 is 0 Å². The van der Waals surface area contributed by atoms with Crippen molar-refractivity contribution in [1.82, 2.24) is 24.5 Å². The molecule has 6 nitrogen and oxygen atoms in total. The van der Waals surface area contributed by atoms with Crippen LogP contribution in [0.5, 0.6) is 0 Å². The van der Waals surface area contributed by atoms with Gasteiger partial charge in [-0.2, -0.15) is 4.98 Å². The lowest BCUT2D eigenvalue weighted by Crippen LogP contribution is -2.11. The molecule has 0 amide bonds. The number of aryl methyl sites for hydroxylation is 1. The van der Waals surface area contributed by atoms with Crippen LogP contribution in [0.25, 0.3) is 39.2 Å². The summed E-state index contributed by atoms with van der Waals surface area (Å²) in [7, 11) is 0. The van der Waals surface area contributed by atoms with Crippen molar-refractivity contribution in [2.45, 2.75) is 19.9 Å². The van der Waals surface area contributed by atoms with E-state index in [2.05, 4.69) is 66.6 Å². The first-order valence-electron chi connectivity index (χ1n) is 12.3. The summed E-state index contributed by atoms with van der Waals surface area (Å²) in [5, 5.41) is 3.51. The van der Waals surface area contributed by atoms with Crippen LogP contribution in [0.3, 0.4) is 0 Å². The van der Waals surface area contributed by atoms with Gasteiger partial charge in [0.1, 0.15) is 12.1 Å². The molecule has 0 aliphatic carbocycles. The zero-order valence-corrected chi connectivity index (χ0v) is 20.7. The highest BCUT2D eigenvalue weighted by atomic mass is 15.2. The minimum absolute atomic E-state index is 0.0450. The Balaban J connectivity index is 1.44. The summed E-state index contributed by atoms with van der Waals surface area (Å²) in [5.74, 6) is 1.33. The average molecular weight is 483 g/mol. The maximum atomic E-state index is 4.92. The third-order valence-electron chi connectivity index (χ3n) is 6.59. The third-order valence-corrected chi connectivity index (χ3v) is 6.59. The van der Waals surface area contributed by atoms with Gasteiger partial charge >= 0.3 is 0 Å². The monoisotopic (exact) mass is 482 g/mol. The zero-order chi connectivity index (χ0) is 25.2. The predicted octanol–water partition coefficient (Wildman–Crippen LogP) is 7.03. The van der Waals surface area contributed by atoms with Crippen LogP contribution in [0.4, 0.5) is 5.95 Å². The molecule has 180 valence electrons. The Hall–Kier alpha value is -4.84. The molecule has 0 saturated carbocycles. The molecule has 1 N–H and O–H groups in total. The van der Waals surface area contributed by atoms with Gasteiger partial charge in [0.2, 0.25) is 5.95 Å². The Morgan fingerprint density at radius 2 is 1.57 bits per heavy atom. The number of pyridine rings is 1. The Morgan fingerprint density at radius 1 is 0.784 bits per heavy atom. The minimum atomic E-state index is 0.0450. The van der Waals surface area contributed by atoms with E-state index in [4.69, 9.17) is 15.0 Å². The van der Waals surface area contributed by atoms with Gasteiger partial charge in [0.25, 0.3) is 0 Å². The zero-order valence-electron chi connectivity index (χ0n) is 20.7. The average Bonchev–Trinajstić information content (AvgIpc) is 3.37. The van der Waals surface area contributed by atoms with E-state index in [0.717, 1.165) is 44.8 Å².